The van der Waals surface area contributed by atoms with Crippen LogP contribution in [-0.4, -0.2) is 54.6 Å². The number of rotatable bonds is 5. The van der Waals surface area contributed by atoms with Crippen molar-refractivity contribution in [1.29, 1.82) is 0 Å². The maximum atomic E-state index is 12.0. The molecule has 2 heterocycles. The van der Waals surface area contributed by atoms with Gasteiger partial charge in [0.1, 0.15) is 5.76 Å². The first-order valence-electron chi connectivity index (χ1n) is 9.10. The van der Waals surface area contributed by atoms with Gasteiger partial charge in [0.25, 0.3) is 0 Å². The summed E-state index contributed by atoms with van der Waals surface area (Å²) < 4.78 is 5.19. The Labute approximate surface area is 173 Å². The fourth-order valence-corrected chi connectivity index (χ4v) is 3.16. The highest BCUT2D eigenvalue weighted by Gasteiger charge is 2.24. The SMILES string of the molecule is CN=C(NCCc1c(C)noc1C)NC1CCN(C(=O)C(C)C)CC1.I. The van der Waals surface area contributed by atoms with Crippen molar-refractivity contribution in [3.8, 4) is 0 Å². The minimum Gasteiger partial charge on any atom is -0.361 e. The topological polar surface area (TPSA) is 82.8 Å². The maximum absolute atomic E-state index is 12.0. The van der Waals surface area contributed by atoms with Crippen LogP contribution in [-0.2, 0) is 11.2 Å². The Kier molecular flexibility index (Phi) is 9.38. The lowest BCUT2D eigenvalue weighted by molar-refractivity contribution is -0.135. The van der Waals surface area contributed by atoms with Crippen LogP contribution in [0.15, 0.2) is 9.52 Å². The predicted octanol–water partition coefficient (Wildman–Crippen LogP) is 2.26. The number of halogens is 1. The van der Waals surface area contributed by atoms with Crippen LogP contribution in [0.1, 0.15) is 43.7 Å². The van der Waals surface area contributed by atoms with Crippen molar-refractivity contribution >= 4 is 35.8 Å². The van der Waals surface area contributed by atoms with Crippen LogP contribution in [0, 0.1) is 19.8 Å². The monoisotopic (exact) mass is 477 g/mol. The number of carbonyl (C=O) groups excluding carboxylic acids is 1. The van der Waals surface area contributed by atoms with Crippen LogP contribution in [0.2, 0.25) is 0 Å². The average molecular weight is 477 g/mol. The lowest BCUT2D eigenvalue weighted by Gasteiger charge is -2.34. The fourth-order valence-electron chi connectivity index (χ4n) is 3.16. The zero-order valence-electron chi connectivity index (χ0n) is 16.5. The van der Waals surface area contributed by atoms with Crippen LogP contribution in [0.5, 0.6) is 0 Å². The summed E-state index contributed by atoms with van der Waals surface area (Å²) in [6.07, 6.45) is 2.75. The molecule has 0 aromatic carbocycles. The lowest BCUT2D eigenvalue weighted by atomic mass is 10.0. The van der Waals surface area contributed by atoms with E-state index in [9.17, 15) is 4.79 Å². The number of aryl methyl sites for hydroxylation is 2. The highest BCUT2D eigenvalue weighted by atomic mass is 127. The van der Waals surface area contributed by atoms with Gasteiger partial charge in [-0.25, -0.2) is 0 Å². The third-order valence-corrected chi connectivity index (χ3v) is 4.71. The number of hydrogen-bond acceptors (Lipinski definition) is 4. The van der Waals surface area contributed by atoms with Crippen LogP contribution in [0.3, 0.4) is 0 Å². The molecule has 2 N–H and O–H groups in total. The zero-order valence-corrected chi connectivity index (χ0v) is 18.8. The van der Waals surface area contributed by atoms with Gasteiger partial charge in [0.2, 0.25) is 5.91 Å². The van der Waals surface area contributed by atoms with Crippen LogP contribution < -0.4 is 10.6 Å². The summed E-state index contributed by atoms with van der Waals surface area (Å²) in [5, 5.41) is 10.8. The number of nitrogens with zero attached hydrogens (tertiary/aromatic N) is 3. The summed E-state index contributed by atoms with van der Waals surface area (Å²) in [5.41, 5.74) is 2.10. The van der Waals surface area contributed by atoms with E-state index in [4.69, 9.17) is 4.52 Å². The van der Waals surface area contributed by atoms with E-state index in [1.54, 1.807) is 7.05 Å². The van der Waals surface area contributed by atoms with Gasteiger partial charge in [-0.15, -0.1) is 24.0 Å². The van der Waals surface area contributed by atoms with Gasteiger partial charge < -0.3 is 20.1 Å². The van der Waals surface area contributed by atoms with Gasteiger partial charge in [0.15, 0.2) is 5.96 Å². The molecule has 0 aliphatic carbocycles. The fraction of sp³-hybridized carbons (Fsp3) is 0.722. The first-order valence-corrected chi connectivity index (χ1v) is 9.10. The van der Waals surface area contributed by atoms with E-state index in [1.807, 2.05) is 32.6 Å². The van der Waals surface area contributed by atoms with E-state index in [0.29, 0.717) is 6.04 Å². The lowest BCUT2D eigenvalue weighted by Crippen LogP contribution is -2.50. The Morgan fingerprint density at radius 1 is 1.35 bits per heavy atom. The third kappa shape index (κ3) is 6.14. The van der Waals surface area contributed by atoms with Crippen LogP contribution >= 0.6 is 24.0 Å². The molecule has 148 valence electrons. The molecule has 7 nitrogen and oxygen atoms in total. The van der Waals surface area contributed by atoms with Gasteiger partial charge in [-0.05, 0) is 33.1 Å². The summed E-state index contributed by atoms with van der Waals surface area (Å²) in [6.45, 7) is 10.2. The van der Waals surface area contributed by atoms with Crippen molar-refractivity contribution in [3.05, 3.63) is 17.0 Å². The molecular weight excluding hydrogens is 445 g/mol. The molecule has 1 aliphatic heterocycles. The van der Waals surface area contributed by atoms with Gasteiger partial charge in [-0.2, -0.15) is 0 Å². The molecule has 1 amide bonds. The van der Waals surface area contributed by atoms with E-state index in [2.05, 4.69) is 20.8 Å². The molecule has 1 aromatic heterocycles. The number of aliphatic imine (C=N–C) groups is 1. The summed E-state index contributed by atoms with van der Waals surface area (Å²) in [6, 6.07) is 0.349. The molecule has 0 spiro atoms. The van der Waals surface area contributed by atoms with E-state index >= 15 is 0 Å². The Morgan fingerprint density at radius 3 is 2.50 bits per heavy atom. The second-order valence-electron chi connectivity index (χ2n) is 6.95. The highest BCUT2D eigenvalue weighted by molar-refractivity contribution is 14.0. The average Bonchev–Trinajstić information content (AvgIpc) is 2.92. The summed E-state index contributed by atoms with van der Waals surface area (Å²) in [7, 11) is 1.78. The summed E-state index contributed by atoms with van der Waals surface area (Å²) in [4.78, 5) is 18.3. The molecule has 0 unspecified atom stereocenters. The van der Waals surface area contributed by atoms with E-state index < -0.39 is 0 Å². The second-order valence-corrected chi connectivity index (χ2v) is 6.95. The largest absolute Gasteiger partial charge is 0.361 e. The van der Waals surface area contributed by atoms with Gasteiger partial charge in [0, 0.05) is 44.2 Å². The molecule has 2 rings (SSSR count). The zero-order chi connectivity index (χ0) is 18.4. The highest BCUT2D eigenvalue weighted by Crippen LogP contribution is 2.14. The van der Waals surface area contributed by atoms with Crippen molar-refractivity contribution in [2.24, 2.45) is 10.9 Å². The second kappa shape index (κ2) is 10.7. The minimum atomic E-state index is 0. The standard InChI is InChI=1S/C18H31N5O2.HI/c1-12(2)17(24)23-10-7-15(8-11-23)21-18(19-5)20-9-6-16-13(3)22-25-14(16)4;/h12,15H,6-11H2,1-5H3,(H2,19,20,21);1H. The molecule has 0 radical (unpaired) electrons. The van der Waals surface area contributed by atoms with Gasteiger partial charge >= 0.3 is 0 Å². The Balaban J connectivity index is 0.00000338. The third-order valence-electron chi connectivity index (χ3n) is 4.71. The molecule has 0 atom stereocenters. The minimum absolute atomic E-state index is 0. The number of likely N-dealkylation sites (tertiary alicyclic amines) is 1. The molecule has 1 fully saturated rings. The Bertz CT molecular complexity index is 587. The molecule has 26 heavy (non-hydrogen) atoms. The number of nitrogens with one attached hydrogen (secondary N) is 2. The maximum Gasteiger partial charge on any atom is 0.225 e. The van der Waals surface area contributed by atoms with Gasteiger partial charge in [0.05, 0.1) is 5.69 Å². The van der Waals surface area contributed by atoms with Gasteiger partial charge in [-0.1, -0.05) is 19.0 Å². The molecule has 1 aromatic rings. The van der Waals surface area contributed by atoms with E-state index in [-0.39, 0.29) is 35.8 Å². The van der Waals surface area contributed by atoms with Crippen molar-refractivity contribution in [2.45, 2.75) is 53.0 Å². The van der Waals surface area contributed by atoms with Crippen LogP contribution in [0.25, 0.3) is 0 Å². The molecule has 1 saturated heterocycles. The molecule has 8 heteroatoms. The quantitative estimate of drug-likeness (QED) is 0.386. The van der Waals surface area contributed by atoms with Crippen LogP contribution in [0.4, 0.5) is 0 Å². The van der Waals surface area contributed by atoms with Crippen molar-refractivity contribution < 1.29 is 9.32 Å². The van der Waals surface area contributed by atoms with E-state index in [1.165, 1.54) is 0 Å². The molecule has 0 bridgehead atoms. The number of piperidine rings is 1. The number of carbonyl (C=O) groups is 1. The number of guanidine groups is 1. The van der Waals surface area contributed by atoms with Gasteiger partial charge in [-0.3, -0.25) is 9.79 Å². The summed E-state index contributed by atoms with van der Waals surface area (Å²) in [5.74, 6) is 2.01. The predicted molar refractivity (Wildman–Crippen MR) is 114 cm³/mol. The normalized spacial score (nSPS) is 15.8. The number of amides is 1. The Hall–Kier alpha value is -1.32. The molecule has 0 saturated carbocycles. The number of hydrogen-bond donors (Lipinski definition) is 2. The summed E-state index contributed by atoms with van der Waals surface area (Å²) >= 11 is 0. The number of aromatic nitrogens is 1. The van der Waals surface area contributed by atoms with Crippen molar-refractivity contribution in [3.63, 3.8) is 0 Å². The smallest absolute Gasteiger partial charge is 0.225 e. The molecular formula is C18H32IN5O2. The first kappa shape index (κ1) is 22.7. The van der Waals surface area contributed by atoms with Crippen molar-refractivity contribution in [1.82, 2.24) is 20.7 Å². The van der Waals surface area contributed by atoms with E-state index in [0.717, 1.165) is 61.9 Å². The Morgan fingerprint density at radius 2 is 2.00 bits per heavy atom. The molecule has 1 aliphatic rings. The first-order chi connectivity index (χ1) is 11.9. The van der Waals surface area contributed by atoms with Crippen molar-refractivity contribution in [2.75, 3.05) is 26.7 Å².